The molecule has 0 aromatic rings. The lowest BCUT2D eigenvalue weighted by molar-refractivity contribution is 0.219. The monoisotopic (exact) mass is 234 g/mol. The minimum Gasteiger partial charge on any atom is -0.380 e. The molecule has 1 nitrogen and oxygen atoms in total. The predicted molar refractivity (Wildman–Crippen MR) is 74.5 cm³/mol. The SMILES string of the molecule is CCCCC#CCCCC(O)C#CCCCC. The summed E-state index contributed by atoms with van der Waals surface area (Å²) in [5, 5.41) is 9.57. The van der Waals surface area contributed by atoms with Gasteiger partial charge in [-0.05, 0) is 25.7 Å². The van der Waals surface area contributed by atoms with Crippen molar-refractivity contribution in [1.82, 2.24) is 0 Å². The Hall–Kier alpha value is -0.920. The van der Waals surface area contributed by atoms with Crippen molar-refractivity contribution in [2.45, 2.75) is 77.7 Å². The lowest BCUT2D eigenvalue weighted by Gasteiger charge is -1.99. The van der Waals surface area contributed by atoms with E-state index < -0.39 is 6.10 Å². The standard InChI is InChI=1S/C16H26O/c1-3-5-7-9-10-11-13-15-16(17)14-12-8-6-4-2/h16-17H,3-8,11,13,15H2,1-2H3. The van der Waals surface area contributed by atoms with Crippen LogP contribution < -0.4 is 0 Å². The van der Waals surface area contributed by atoms with E-state index in [-0.39, 0.29) is 0 Å². The lowest BCUT2D eigenvalue weighted by atomic mass is 10.1. The van der Waals surface area contributed by atoms with Crippen molar-refractivity contribution in [1.29, 1.82) is 0 Å². The molecule has 0 aromatic heterocycles. The van der Waals surface area contributed by atoms with Gasteiger partial charge < -0.3 is 5.11 Å². The summed E-state index contributed by atoms with van der Waals surface area (Å²) in [6.07, 6.45) is 8.74. The fraction of sp³-hybridized carbons (Fsp3) is 0.750. The Morgan fingerprint density at radius 2 is 1.35 bits per heavy atom. The molecule has 0 radical (unpaired) electrons. The van der Waals surface area contributed by atoms with Crippen LogP contribution in [0, 0.1) is 23.7 Å². The van der Waals surface area contributed by atoms with Gasteiger partial charge in [-0.1, -0.05) is 32.6 Å². The molecule has 0 saturated carbocycles. The maximum absolute atomic E-state index is 9.57. The Kier molecular flexibility index (Phi) is 12.4. The van der Waals surface area contributed by atoms with Gasteiger partial charge in [0.1, 0.15) is 6.10 Å². The van der Waals surface area contributed by atoms with Crippen LogP contribution in [0.3, 0.4) is 0 Å². The summed E-state index contributed by atoms with van der Waals surface area (Å²) >= 11 is 0. The zero-order valence-electron chi connectivity index (χ0n) is 11.4. The minimum absolute atomic E-state index is 0.454. The summed E-state index contributed by atoms with van der Waals surface area (Å²) in [5.74, 6) is 12.2. The molecule has 0 rings (SSSR count). The van der Waals surface area contributed by atoms with E-state index >= 15 is 0 Å². The number of aliphatic hydroxyl groups is 1. The Morgan fingerprint density at radius 1 is 0.824 bits per heavy atom. The van der Waals surface area contributed by atoms with Gasteiger partial charge >= 0.3 is 0 Å². The van der Waals surface area contributed by atoms with Gasteiger partial charge in [-0.3, -0.25) is 0 Å². The largest absolute Gasteiger partial charge is 0.380 e. The normalized spacial score (nSPS) is 11.0. The van der Waals surface area contributed by atoms with Crippen molar-refractivity contribution in [3.05, 3.63) is 0 Å². The quantitative estimate of drug-likeness (QED) is 0.523. The van der Waals surface area contributed by atoms with Gasteiger partial charge in [0.05, 0.1) is 0 Å². The third kappa shape index (κ3) is 13.0. The van der Waals surface area contributed by atoms with Gasteiger partial charge in [0.2, 0.25) is 0 Å². The highest BCUT2D eigenvalue weighted by Crippen LogP contribution is 2.00. The van der Waals surface area contributed by atoms with Crippen LogP contribution in [0.2, 0.25) is 0 Å². The van der Waals surface area contributed by atoms with E-state index in [1.807, 2.05) is 0 Å². The van der Waals surface area contributed by atoms with E-state index in [0.29, 0.717) is 0 Å². The summed E-state index contributed by atoms with van der Waals surface area (Å²) in [7, 11) is 0. The van der Waals surface area contributed by atoms with Crippen molar-refractivity contribution in [2.75, 3.05) is 0 Å². The second kappa shape index (κ2) is 13.1. The molecule has 0 bridgehead atoms. The molecule has 0 aliphatic carbocycles. The number of hydrogen-bond acceptors (Lipinski definition) is 1. The fourth-order valence-electron chi connectivity index (χ4n) is 1.35. The molecule has 0 fully saturated rings. The topological polar surface area (TPSA) is 20.2 Å². The van der Waals surface area contributed by atoms with Gasteiger partial charge in [-0.25, -0.2) is 0 Å². The van der Waals surface area contributed by atoms with Crippen molar-refractivity contribution in [3.8, 4) is 23.7 Å². The smallest absolute Gasteiger partial charge is 0.114 e. The molecule has 1 atom stereocenters. The molecule has 17 heavy (non-hydrogen) atoms. The first-order valence-corrected chi connectivity index (χ1v) is 6.93. The first-order valence-electron chi connectivity index (χ1n) is 6.93. The van der Waals surface area contributed by atoms with Crippen molar-refractivity contribution in [3.63, 3.8) is 0 Å². The van der Waals surface area contributed by atoms with Gasteiger partial charge in [0.25, 0.3) is 0 Å². The van der Waals surface area contributed by atoms with Gasteiger partial charge in [-0.2, -0.15) is 0 Å². The van der Waals surface area contributed by atoms with Crippen LogP contribution in [0.5, 0.6) is 0 Å². The first kappa shape index (κ1) is 16.1. The molecule has 0 aromatic carbocycles. The highest BCUT2D eigenvalue weighted by atomic mass is 16.3. The second-order valence-electron chi connectivity index (χ2n) is 4.29. The highest BCUT2D eigenvalue weighted by molar-refractivity contribution is 5.05. The molecule has 0 aliphatic rings. The van der Waals surface area contributed by atoms with E-state index in [1.54, 1.807) is 0 Å². The zero-order chi connectivity index (χ0) is 12.8. The maximum atomic E-state index is 9.57. The average Bonchev–Trinajstić information content (AvgIpc) is 2.33. The van der Waals surface area contributed by atoms with Crippen LogP contribution in [0.4, 0.5) is 0 Å². The molecular weight excluding hydrogens is 208 g/mol. The molecule has 1 heteroatoms. The Balaban J connectivity index is 3.45. The molecule has 96 valence electrons. The van der Waals surface area contributed by atoms with Crippen molar-refractivity contribution in [2.24, 2.45) is 0 Å². The predicted octanol–water partition coefficient (Wildman–Crippen LogP) is 3.90. The van der Waals surface area contributed by atoms with E-state index in [0.717, 1.165) is 44.9 Å². The number of unbranched alkanes of at least 4 members (excludes halogenated alkanes) is 5. The summed E-state index contributed by atoms with van der Waals surface area (Å²) in [6.45, 7) is 4.32. The van der Waals surface area contributed by atoms with Crippen LogP contribution >= 0.6 is 0 Å². The molecule has 0 heterocycles. The van der Waals surface area contributed by atoms with E-state index in [1.165, 1.54) is 12.8 Å². The van der Waals surface area contributed by atoms with E-state index in [4.69, 9.17) is 0 Å². The lowest BCUT2D eigenvalue weighted by Crippen LogP contribution is -2.01. The van der Waals surface area contributed by atoms with Crippen LogP contribution in [0.25, 0.3) is 0 Å². The van der Waals surface area contributed by atoms with Gasteiger partial charge in [0.15, 0.2) is 0 Å². The molecule has 0 saturated heterocycles. The number of aliphatic hydroxyl groups excluding tert-OH is 1. The summed E-state index contributed by atoms with van der Waals surface area (Å²) < 4.78 is 0. The first-order chi connectivity index (χ1) is 8.31. The average molecular weight is 234 g/mol. The Morgan fingerprint density at radius 3 is 1.94 bits per heavy atom. The highest BCUT2D eigenvalue weighted by Gasteiger charge is 1.96. The molecule has 1 N–H and O–H groups in total. The minimum atomic E-state index is -0.454. The molecular formula is C16H26O. The Bertz CT molecular complexity index is 271. The summed E-state index contributed by atoms with van der Waals surface area (Å²) in [5.41, 5.74) is 0. The Labute approximate surface area is 107 Å². The van der Waals surface area contributed by atoms with Crippen LogP contribution in [0.1, 0.15) is 71.6 Å². The summed E-state index contributed by atoms with van der Waals surface area (Å²) in [6, 6.07) is 0. The molecule has 0 amide bonds. The number of rotatable bonds is 7. The van der Waals surface area contributed by atoms with Crippen molar-refractivity contribution < 1.29 is 5.11 Å². The second-order valence-corrected chi connectivity index (χ2v) is 4.29. The van der Waals surface area contributed by atoms with E-state index in [2.05, 4.69) is 37.5 Å². The third-order valence-electron chi connectivity index (χ3n) is 2.48. The maximum Gasteiger partial charge on any atom is 0.114 e. The third-order valence-corrected chi connectivity index (χ3v) is 2.48. The summed E-state index contributed by atoms with van der Waals surface area (Å²) in [4.78, 5) is 0. The fourth-order valence-corrected chi connectivity index (χ4v) is 1.35. The van der Waals surface area contributed by atoms with Gasteiger partial charge in [0, 0.05) is 19.3 Å². The van der Waals surface area contributed by atoms with Crippen molar-refractivity contribution >= 4 is 0 Å². The van der Waals surface area contributed by atoms with Crippen LogP contribution in [-0.4, -0.2) is 11.2 Å². The van der Waals surface area contributed by atoms with Crippen LogP contribution in [0.15, 0.2) is 0 Å². The molecule has 0 aliphatic heterocycles. The van der Waals surface area contributed by atoms with Crippen LogP contribution in [-0.2, 0) is 0 Å². The van der Waals surface area contributed by atoms with E-state index in [9.17, 15) is 5.11 Å². The van der Waals surface area contributed by atoms with Gasteiger partial charge in [-0.15, -0.1) is 17.8 Å². The zero-order valence-corrected chi connectivity index (χ0v) is 11.4. The molecule has 1 unspecified atom stereocenters. The number of hydrogen-bond donors (Lipinski definition) is 1. The molecule has 0 spiro atoms.